The van der Waals surface area contributed by atoms with Gasteiger partial charge in [0.2, 0.25) is 11.8 Å². The maximum atomic E-state index is 12.4. The lowest BCUT2D eigenvalue weighted by molar-refractivity contribution is 0.0954. The summed E-state index contributed by atoms with van der Waals surface area (Å²) >= 11 is 0. The number of aromatic nitrogens is 2. The van der Waals surface area contributed by atoms with E-state index in [1.54, 1.807) is 18.3 Å². The fourth-order valence-electron chi connectivity index (χ4n) is 2.38. The van der Waals surface area contributed by atoms with Gasteiger partial charge in [0.1, 0.15) is 11.3 Å². The van der Waals surface area contributed by atoms with Crippen molar-refractivity contribution in [3.8, 4) is 17.1 Å². The van der Waals surface area contributed by atoms with Crippen LogP contribution in [0.1, 0.15) is 49.4 Å². The SMILES string of the molecule is CCCCCCCNC(=O)c1c(-c2ccc(OC)nc2)noc1N. The molecular weight excluding hydrogens is 308 g/mol. The first-order valence-corrected chi connectivity index (χ1v) is 8.21. The van der Waals surface area contributed by atoms with Crippen molar-refractivity contribution in [2.45, 2.75) is 39.0 Å². The quantitative estimate of drug-likeness (QED) is 0.684. The summed E-state index contributed by atoms with van der Waals surface area (Å²) in [4.78, 5) is 16.5. The number of anilines is 1. The number of nitrogens with one attached hydrogen (secondary N) is 1. The van der Waals surface area contributed by atoms with Crippen LogP contribution in [0.25, 0.3) is 11.3 Å². The van der Waals surface area contributed by atoms with Gasteiger partial charge in [-0.15, -0.1) is 0 Å². The molecule has 2 rings (SSSR count). The Kier molecular flexibility index (Phi) is 6.60. The number of hydrogen-bond acceptors (Lipinski definition) is 6. The van der Waals surface area contributed by atoms with E-state index in [0.717, 1.165) is 12.8 Å². The van der Waals surface area contributed by atoms with Gasteiger partial charge in [-0.05, 0) is 12.5 Å². The highest BCUT2D eigenvalue weighted by atomic mass is 16.5. The zero-order chi connectivity index (χ0) is 17.4. The standard InChI is InChI=1S/C17H24N4O3/c1-3-4-5-6-7-10-19-17(22)14-15(21-24-16(14)18)12-8-9-13(23-2)20-11-12/h8-9,11H,3-7,10,18H2,1-2H3,(H,19,22). The zero-order valence-electron chi connectivity index (χ0n) is 14.2. The van der Waals surface area contributed by atoms with Crippen LogP contribution < -0.4 is 15.8 Å². The summed E-state index contributed by atoms with van der Waals surface area (Å²) in [5.41, 5.74) is 7.04. The Bertz CT molecular complexity index is 652. The number of ether oxygens (including phenoxy) is 1. The Morgan fingerprint density at radius 3 is 2.75 bits per heavy atom. The molecule has 0 saturated heterocycles. The van der Waals surface area contributed by atoms with Gasteiger partial charge in [0, 0.05) is 24.4 Å². The Labute approximate surface area is 141 Å². The van der Waals surface area contributed by atoms with Crippen molar-refractivity contribution in [3.05, 3.63) is 23.9 Å². The third kappa shape index (κ3) is 4.47. The molecule has 0 atom stereocenters. The molecule has 2 heterocycles. The number of amides is 1. The highest BCUT2D eigenvalue weighted by molar-refractivity contribution is 6.03. The predicted molar refractivity (Wildman–Crippen MR) is 91.8 cm³/mol. The highest BCUT2D eigenvalue weighted by Crippen LogP contribution is 2.27. The summed E-state index contributed by atoms with van der Waals surface area (Å²) in [6.45, 7) is 2.78. The number of hydrogen-bond donors (Lipinski definition) is 2. The van der Waals surface area contributed by atoms with Gasteiger partial charge in [0.25, 0.3) is 5.91 Å². The van der Waals surface area contributed by atoms with Crippen molar-refractivity contribution >= 4 is 11.8 Å². The molecule has 0 aromatic carbocycles. The molecule has 0 aliphatic carbocycles. The lowest BCUT2D eigenvalue weighted by Crippen LogP contribution is -2.25. The minimum atomic E-state index is -0.282. The van der Waals surface area contributed by atoms with Crippen LogP contribution in [0, 0.1) is 0 Å². The van der Waals surface area contributed by atoms with Crippen molar-refractivity contribution in [1.82, 2.24) is 15.5 Å². The summed E-state index contributed by atoms with van der Waals surface area (Å²) in [5, 5.41) is 6.76. The van der Waals surface area contributed by atoms with Crippen LogP contribution in [-0.4, -0.2) is 29.7 Å². The Balaban J connectivity index is 2.01. The summed E-state index contributed by atoms with van der Waals surface area (Å²) in [6, 6.07) is 3.44. The van der Waals surface area contributed by atoms with E-state index >= 15 is 0 Å². The second kappa shape index (κ2) is 8.90. The first kappa shape index (κ1) is 17.8. The monoisotopic (exact) mass is 332 g/mol. The van der Waals surface area contributed by atoms with Gasteiger partial charge < -0.3 is 20.3 Å². The molecule has 0 radical (unpaired) electrons. The smallest absolute Gasteiger partial charge is 0.259 e. The third-order valence-electron chi connectivity index (χ3n) is 3.73. The molecule has 0 aliphatic rings. The molecular formula is C17H24N4O3. The zero-order valence-corrected chi connectivity index (χ0v) is 14.2. The molecule has 3 N–H and O–H groups in total. The van der Waals surface area contributed by atoms with Gasteiger partial charge in [0.05, 0.1) is 7.11 Å². The second-order valence-electron chi connectivity index (χ2n) is 5.53. The van der Waals surface area contributed by atoms with E-state index in [1.165, 1.54) is 26.4 Å². The average Bonchev–Trinajstić information content (AvgIpc) is 2.99. The summed E-state index contributed by atoms with van der Waals surface area (Å²) < 4.78 is 10.0. The Hall–Kier alpha value is -2.57. The Morgan fingerprint density at radius 1 is 1.29 bits per heavy atom. The molecule has 0 bridgehead atoms. The van der Waals surface area contributed by atoms with E-state index in [0.29, 0.717) is 23.7 Å². The van der Waals surface area contributed by atoms with E-state index in [9.17, 15) is 4.79 Å². The lowest BCUT2D eigenvalue weighted by atomic mass is 10.1. The molecule has 0 saturated carbocycles. The number of nitrogens with two attached hydrogens (primary N) is 1. The predicted octanol–water partition coefficient (Wildman–Crippen LogP) is 3.03. The molecule has 130 valence electrons. The number of unbranched alkanes of at least 4 members (excludes halogenated alkanes) is 4. The molecule has 0 aliphatic heterocycles. The summed E-state index contributed by atoms with van der Waals surface area (Å²) in [5.74, 6) is 0.202. The van der Waals surface area contributed by atoms with E-state index in [-0.39, 0.29) is 17.4 Å². The lowest BCUT2D eigenvalue weighted by Gasteiger charge is -2.06. The first-order valence-electron chi connectivity index (χ1n) is 8.21. The summed E-state index contributed by atoms with van der Waals surface area (Å²) in [6.07, 6.45) is 7.21. The van der Waals surface area contributed by atoms with Crippen LogP contribution in [0.15, 0.2) is 22.9 Å². The van der Waals surface area contributed by atoms with E-state index in [4.69, 9.17) is 15.0 Å². The third-order valence-corrected chi connectivity index (χ3v) is 3.73. The maximum Gasteiger partial charge on any atom is 0.259 e. The average molecular weight is 332 g/mol. The number of nitrogens with zero attached hydrogens (tertiary/aromatic N) is 2. The van der Waals surface area contributed by atoms with Crippen LogP contribution in [0.4, 0.5) is 5.88 Å². The van der Waals surface area contributed by atoms with Gasteiger partial charge in [-0.1, -0.05) is 37.8 Å². The Morgan fingerprint density at radius 2 is 2.08 bits per heavy atom. The van der Waals surface area contributed by atoms with Gasteiger partial charge in [-0.25, -0.2) is 4.98 Å². The summed E-state index contributed by atoms with van der Waals surface area (Å²) in [7, 11) is 1.54. The van der Waals surface area contributed by atoms with Gasteiger partial charge >= 0.3 is 0 Å². The fourth-order valence-corrected chi connectivity index (χ4v) is 2.38. The normalized spacial score (nSPS) is 10.6. The van der Waals surface area contributed by atoms with Crippen LogP contribution in [0.3, 0.4) is 0 Å². The van der Waals surface area contributed by atoms with Gasteiger partial charge in [-0.2, -0.15) is 0 Å². The van der Waals surface area contributed by atoms with E-state index in [2.05, 4.69) is 22.4 Å². The van der Waals surface area contributed by atoms with E-state index in [1.807, 2.05) is 0 Å². The molecule has 0 spiro atoms. The largest absolute Gasteiger partial charge is 0.481 e. The van der Waals surface area contributed by atoms with Gasteiger partial charge in [0.15, 0.2) is 0 Å². The number of carbonyl (C=O) groups excluding carboxylic acids is 1. The maximum absolute atomic E-state index is 12.4. The molecule has 24 heavy (non-hydrogen) atoms. The number of carbonyl (C=O) groups is 1. The number of methoxy groups -OCH3 is 1. The van der Waals surface area contributed by atoms with Crippen LogP contribution in [0.5, 0.6) is 5.88 Å². The fraction of sp³-hybridized carbons (Fsp3) is 0.471. The second-order valence-corrected chi connectivity index (χ2v) is 5.53. The van der Waals surface area contributed by atoms with E-state index < -0.39 is 0 Å². The molecule has 0 unspecified atom stereocenters. The number of rotatable bonds is 9. The van der Waals surface area contributed by atoms with Crippen molar-refractivity contribution in [2.24, 2.45) is 0 Å². The highest BCUT2D eigenvalue weighted by Gasteiger charge is 2.22. The van der Waals surface area contributed by atoms with Crippen LogP contribution in [0.2, 0.25) is 0 Å². The molecule has 2 aromatic rings. The van der Waals surface area contributed by atoms with Crippen LogP contribution >= 0.6 is 0 Å². The van der Waals surface area contributed by atoms with Crippen molar-refractivity contribution in [1.29, 1.82) is 0 Å². The minimum Gasteiger partial charge on any atom is -0.481 e. The molecule has 7 heteroatoms. The molecule has 7 nitrogen and oxygen atoms in total. The van der Waals surface area contributed by atoms with Gasteiger partial charge in [-0.3, -0.25) is 4.79 Å². The molecule has 1 amide bonds. The number of nitrogen functional groups attached to an aromatic ring is 1. The molecule has 0 fully saturated rings. The minimum absolute atomic E-state index is 0.00398. The first-order chi connectivity index (χ1) is 11.7. The van der Waals surface area contributed by atoms with Crippen molar-refractivity contribution < 1.29 is 14.1 Å². The number of pyridine rings is 1. The molecule has 2 aromatic heterocycles. The van der Waals surface area contributed by atoms with Crippen molar-refractivity contribution in [3.63, 3.8) is 0 Å². The van der Waals surface area contributed by atoms with Crippen LogP contribution in [-0.2, 0) is 0 Å². The topological polar surface area (TPSA) is 103 Å². The van der Waals surface area contributed by atoms with Crippen molar-refractivity contribution in [2.75, 3.05) is 19.4 Å².